The fraction of sp³-hybridized carbons (Fsp3) is 0.0833. The molecule has 3 aromatic carbocycles. The van der Waals surface area contributed by atoms with Gasteiger partial charge in [-0.2, -0.15) is 0 Å². The fourth-order valence-electron chi connectivity index (χ4n) is 3.93. The van der Waals surface area contributed by atoms with Crippen molar-refractivity contribution >= 4 is 33.5 Å². The molecular formula is C24H18FN5O3. The van der Waals surface area contributed by atoms with E-state index in [2.05, 4.69) is 15.3 Å². The molecule has 164 valence electrons. The van der Waals surface area contributed by atoms with Crippen LogP contribution in [0.25, 0.3) is 21.9 Å². The van der Waals surface area contributed by atoms with Crippen molar-refractivity contribution in [3.63, 3.8) is 0 Å². The van der Waals surface area contributed by atoms with Crippen LogP contribution in [0.1, 0.15) is 22.0 Å². The summed E-state index contributed by atoms with van der Waals surface area (Å²) in [6.45, 7) is 0.361. The van der Waals surface area contributed by atoms with Gasteiger partial charge in [0.1, 0.15) is 5.82 Å². The van der Waals surface area contributed by atoms with Crippen molar-refractivity contribution in [3.8, 4) is 0 Å². The highest BCUT2D eigenvalue weighted by molar-refractivity contribution is 6.07. The molecular weight excluding hydrogens is 425 g/mol. The van der Waals surface area contributed by atoms with Crippen LogP contribution in [0.4, 0.5) is 10.1 Å². The third-order valence-electron chi connectivity index (χ3n) is 5.61. The second-order valence-corrected chi connectivity index (χ2v) is 7.65. The second-order valence-electron chi connectivity index (χ2n) is 7.65. The summed E-state index contributed by atoms with van der Waals surface area (Å²) in [7, 11) is 0. The maximum absolute atomic E-state index is 13.5. The number of aromatic nitrogens is 3. The Bertz CT molecular complexity index is 1490. The van der Waals surface area contributed by atoms with Crippen molar-refractivity contribution < 1.29 is 14.1 Å². The molecule has 0 aliphatic carbocycles. The molecule has 9 heteroatoms. The van der Waals surface area contributed by atoms with Gasteiger partial charge in [-0.25, -0.2) is 9.37 Å². The molecule has 1 atom stereocenters. The summed E-state index contributed by atoms with van der Waals surface area (Å²) in [5.74, 6) is -0.777. The number of carbonyl (C=O) groups excluding carboxylic acids is 1. The Hall–Kier alpha value is -4.53. The zero-order valence-electron chi connectivity index (χ0n) is 17.2. The molecule has 2 N–H and O–H groups in total. The highest BCUT2D eigenvalue weighted by Crippen LogP contribution is 2.25. The number of carbonyl (C=O) groups is 1. The number of fused-ring (bicyclic) bond motifs is 2. The number of hydrogen-bond acceptors (Lipinski definition) is 4. The standard InChI is InChI=1S/C24H18FN5O3/c25-16-7-5-15(6-8-16)22(13-29-14-27-21-3-1-2-4-23(21)29)28-24(31)19-12-26-20-10-9-17(30(32)33)11-18(19)20/h1-12,14,22,26H,13H2,(H,28,31). The zero-order chi connectivity index (χ0) is 22.9. The maximum atomic E-state index is 13.5. The number of para-hydroxylation sites is 2. The summed E-state index contributed by atoms with van der Waals surface area (Å²) in [6.07, 6.45) is 3.22. The minimum atomic E-state index is -0.501. The lowest BCUT2D eigenvalue weighted by Gasteiger charge is -2.20. The predicted molar refractivity (Wildman–Crippen MR) is 121 cm³/mol. The summed E-state index contributed by atoms with van der Waals surface area (Å²) in [6, 6.07) is 17.4. The summed E-state index contributed by atoms with van der Waals surface area (Å²) < 4.78 is 15.5. The number of amides is 1. The average molecular weight is 443 g/mol. The van der Waals surface area contributed by atoms with Crippen molar-refractivity contribution in [2.24, 2.45) is 0 Å². The van der Waals surface area contributed by atoms with E-state index in [9.17, 15) is 19.3 Å². The number of hydrogen-bond donors (Lipinski definition) is 2. The van der Waals surface area contributed by atoms with Crippen LogP contribution < -0.4 is 5.32 Å². The number of H-pyrrole nitrogens is 1. The molecule has 5 rings (SSSR count). The van der Waals surface area contributed by atoms with Gasteiger partial charge < -0.3 is 14.9 Å². The van der Waals surface area contributed by atoms with Gasteiger partial charge in [-0.05, 0) is 35.9 Å². The molecule has 1 unspecified atom stereocenters. The van der Waals surface area contributed by atoms with Crippen LogP contribution in [0.5, 0.6) is 0 Å². The molecule has 1 amide bonds. The molecule has 0 bridgehead atoms. The van der Waals surface area contributed by atoms with Gasteiger partial charge in [-0.1, -0.05) is 24.3 Å². The molecule has 0 saturated carbocycles. The number of nitrogens with zero attached hydrogens (tertiary/aromatic N) is 3. The summed E-state index contributed by atoms with van der Waals surface area (Å²) in [5.41, 5.74) is 3.25. The van der Waals surface area contributed by atoms with Gasteiger partial charge in [0, 0.05) is 35.8 Å². The Morgan fingerprint density at radius 1 is 1.15 bits per heavy atom. The number of aromatic amines is 1. The van der Waals surface area contributed by atoms with Crippen molar-refractivity contribution in [1.82, 2.24) is 19.9 Å². The largest absolute Gasteiger partial charge is 0.360 e. The summed E-state index contributed by atoms with van der Waals surface area (Å²) in [4.78, 5) is 31.3. The van der Waals surface area contributed by atoms with E-state index >= 15 is 0 Å². The van der Waals surface area contributed by atoms with E-state index in [4.69, 9.17) is 0 Å². The third-order valence-corrected chi connectivity index (χ3v) is 5.61. The molecule has 0 fully saturated rings. The molecule has 0 saturated heterocycles. The number of nitro groups is 1. The normalized spacial score (nSPS) is 12.2. The van der Waals surface area contributed by atoms with Gasteiger partial charge >= 0.3 is 0 Å². The zero-order valence-corrected chi connectivity index (χ0v) is 17.2. The third kappa shape index (κ3) is 3.91. The molecule has 2 heterocycles. The Balaban J connectivity index is 1.50. The SMILES string of the molecule is O=C(NC(Cn1cnc2ccccc21)c1ccc(F)cc1)c1c[nH]c2ccc([N+](=O)[O-])cc12. The Labute approximate surface area is 186 Å². The topological polar surface area (TPSA) is 106 Å². The van der Waals surface area contributed by atoms with Gasteiger partial charge in [0.2, 0.25) is 0 Å². The Kier molecular flexibility index (Phi) is 5.06. The molecule has 0 radical (unpaired) electrons. The van der Waals surface area contributed by atoms with Crippen LogP contribution in [0.3, 0.4) is 0 Å². The summed E-state index contributed by atoms with van der Waals surface area (Å²) in [5, 5.41) is 14.6. The number of benzene rings is 3. The van der Waals surface area contributed by atoms with E-state index in [0.717, 1.165) is 11.0 Å². The predicted octanol–water partition coefficient (Wildman–Crippen LogP) is 4.74. The molecule has 2 aromatic heterocycles. The van der Waals surface area contributed by atoms with E-state index in [-0.39, 0.29) is 17.1 Å². The first-order valence-electron chi connectivity index (χ1n) is 10.2. The van der Waals surface area contributed by atoms with Crippen LogP contribution in [0.2, 0.25) is 0 Å². The first kappa shape index (κ1) is 20.4. The number of rotatable bonds is 6. The number of non-ortho nitro benzene ring substituents is 1. The van der Waals surface area contributed by atoms with Crippen molar-refractivity contribution in [1.29, 1.82) is 0 Å². The smallest absolute Gasteiger partial charge is 0.270 e. The van der Waals surface area contributed by atoms with Gasteiger partial charge in [0.05, 0.1) is 33.9 Å². The lowest BCUT2D eigenvalue weighted by molar-refractivity contribution is -0.384. The Morgan fingerprint density at radius 2 is 1.94 bits per heavy atom. The fourth-order valence-corrected chi connectivity index (χ4v) is 3.93. The van der Waals surface area contributed by atoms with E-state index in [1.165, 1.54) is 30.5 Å². The van der Waals surface area contributed by atoms with Gasteiger partial charge in [-0.3, -0.25) is 14.9 Å². The van der Waals surface area contributed by atoms with Crippen molar-refractivity contribution in [3.05, 3.63) is 106 Å². The summed E-state index contributed by atoms with van der Waals surface area (Å²) >= 11 is 0. The van der Waals surface area contributed by atoms with E-state index in [1.807, 2.05) is 28.8 Å². The molecule has 5 aromatic rings. The molecule has 0 spiro atoms. The molecule has 0 aliphatic heterocycles. The lowest BCUT2D eigenvalue weighted by Crippen LogP contribution is -2.31. The average Bonchev–Trinajstić information content (AvgIpc) is 3.43. The van der Waals surface area contributed by atoms with E-state index in [0.29, 0.717) is 23.0 Å². The number of nitro benzene ring substituents is 1. The minimum Gasteiger partial charge on any atom is -0.360 e. The molecule has 8 nitrogen and oxygen atoms in total. The Morgan fingerprint density at radius 3 is 2.73 bits per heavy atom. The minimum absolute atomic E-state index is 0.101. The number of nitrogens with one attached hydrogen (secondary N) is 2. The van der Waals surface area contributed by atoms with Crippen LogP contribution in [-0.4, -0.2) is 25.4 Å². The van der Waals surface area contributed by atoms with Crippen molar-refractivity contribution in [2.45, 2.75) is 12.6 Å². The molecule has 0 aliphatic rings. The van der Waals surface area contributed by atoms with Gasteiger partial charge in [0.15, 0.2) is 0 Å². The second kappa shape index (κ2) is 8.19. The highest BCUT2D eigenvalue weighted by atomic mass is 19.1. The maximum Gasteiger partial charge on any atom is 0.270 e. The van der Waals surface area contributed by atoms with Crippen LogP contribution >= 0.6 is 0 Å². The van der Waals surface area contributed by atoms with E-state index < -0.39 is 16.9 Å². The van der Waals surface area contributed by atoms with Gasteiger partial charge in [0.25, 0.3) is 11.6 Å². The first-order chi connectivity index (χ1) is 16.0. The monoisotopic (exact) mass is 443 g/mol. The number of halogens is 1. The van der Waals surface area contributed by atoms with E-state index in [1.54, 1.807) is 24.5 Å². The molecule has 33 heavy (non-hydrogen) atoms. The first-order valence-corrected chi connectivity index (χ1v) is 10.2. The van der Waals surface area contributed by atoms with Crippen LogP contribution in [-0.2, 0) is 6.54 Å². The quantitative estimate of drug-likeness (QED) is 0.292. The van der Waals surface area contributed by atoms with Crippen LogP contribution in [0, 0.1) is 15.9 Å². The number of imidazole rings is 1. The van der Waals surface area contributed by atoms with Crippen molar-refractivity contribution in [2.75, 3.05) is 0 Å². The highest BCUT2D eigenvalue weighted by Gasteiger charge is 2.21. The lowest BCUT2D eigenvalue weighted by atomic mass is 10.1. The van der Waals surface area contributed by atoms with Gasteiger partial charge in [-0.15, -0.1) is 0 Å². The van der Waals surface area contributed by atoms with Crippen LogP contribution in [0.15, 0.2) is 79.3 Å².